The minimum Gasteiger partial charge on any atom is -0.507 e. The summed E-state index contributed by atoms with van der Waals surface area (Å²) >= 11 is 0. The first-order valence-corrected chi connectivity index (χ1v) is 13.8. The summed E-state index contributed by atoms with van der Waals surface area (Å²) in [5, 5.41) is 12.2. The summed E-state index contributed by atoms with van der Waals surface area (Å²) in [5.74, 6) is 0.732. The van der Waals surface area contributed by atoms with Crippen LogP contribution in [0.15, 0.2) is 24.3 Å². The van der Waals surface area contributed by atoms with E-state index in [1.54, 1.807) is 6.07 Å². The van der Waals surface area contributed by atoms with E-state index in [9.17, 15) is 9.67 Å². The third-order valence-electron chi connectivity index (χ3n) is 5.52. The molecule has 0 atom stereocenters. The molecule has 0 saturated carbocycles. The summed E-state index contributed by atoms with van der Waals surface area (Å²) < 4.78 is 31.0. The Bertz CT molecular complexity index is 866. The summed E-state index contributed by atoms with van der Waals surface area (Å²) in [6.07, 6.45) is 9.25. The molecule has 1 N–H and O–H groups in total. The molecule has 0 radical (unpaired) electrons. The van der Waals surface area contributed by atoms with Gasteiger partial charge >= 0.3 is 7.82 Å². The van der Waals surface area contributed by atoms with Gasteiger partial charge in [0, 0.05) is 10.8 Å². The number of aromatic hydroxyl groups is 1. The lowest BCUT2D eigenvalue weighted by atomic mass is 9.97. The number of unbranched alkanes of at least 4 members (excludes halogenated alkanes) is 4. The Morgan fingerprint density at radius 3 is 1.97 bits per heavy atom. The molecule has 0 unspecified atom stereocenters. The largest absolute Gasteiger partial charge is 0.530 e. The van der Waals surface area contributed by atoms with Crippen LogP contribution in [0.4, 0.5) is 0 Å². The van der Waals surface area contributed by atoms with Crippen molar-refractivity contribution in [1.82, 2.24) is 0 Å². The highest BCUT2D eigenvalue weighted by atomic mass is 31.2. The van der Waals surface area contributed by atoms with E-state index in [1.807, 2.05) is 12.1 Å². The average Bonchev–Trinajstić information content (AvgIpc) is 2.79. The molecule has 5 nitrogen and oxygen atoms in total. The van der Waals surface area contributed by atoms with E-state index >= 15 is 0 Å². The molecule has 0 bridgehead atoms. The van der Waals surface area contributed by atoms with Crippen LogP contribution in [0.2, 0.25) is 0 Å². The lowest BCUT2D eigenvalue weighted by molar-refractivity contribution is 0.152. The van der Waals surface area contributed by atoms with Gasteiger partial charge in [0.05, 0.1) is 13.2 Å². The minimum atomic E-state index is -3.79. The van der Waals surface area contributed by atoms with Crippen LogP contribution in [0.3, 0.4) is 0 Å². The molecule has 0 aromatic heterocycles. The standard InChI is InChI=1S/C26H41O5P/c1-5-9-13-21-15-16-23-24(19-21)25(27)20-22(14-10-6-2)26(23)31-32(28,29-17-11-7-3)30-18-12-8-4/h15-16,19-20,27H,5-14,17-18H2,1-4H3. The van der Waals surface area contributed by atoms with Crippen LogP contribution in [0.5, 0.6) is 11.5 Å². The van der Waals surface area contributed by atoms with Gasteiger partial charge in [0.1, 0.15) is 11.5 Å². The lowest BCUT2D eigenvalue weighted by Crippen LogP contribution is -2.07. The normalized spacial score (nSPS) is 11.9. The zero-order valence-corrected chi connectivity index (χ0v) is 21.2. The van der Waals surface area contributed by atoms with Crippen LogP contribution in [0, 0.1) is 0 Å². The second-order valence-electron chi connectivity index (χ2n) is 8.38. The van der Waals surface area contributed by atoms with Gasteiger partial charge in [0.25, 0.3) is 0 Å². The van der Waals surface area contributed by atoms with Crippen LogP contribution in [0.25, 0.3) is 10.8 Å². The number of phenolic OH excluding ortho intramolecular Hbond substituents is 1. The molecule has 0 saturated heterocycles. The van der Waals surface area contributed by atoms with Crippen LogP contribution in [-0.2, 0) is 26.5 Å². The molecule has 0 spiro atoms. The maximum Gasteiger partial charge on any atom is 0.530 e. The molecule has 2 aromatic rings. The van der Waals surface area contributed by atoms with Gasteiger partial charge in [-0.15, -0.1) is 0 Å². The number of phosphoric acid groups is 1. The molecule has 6 heteroatoms. The molecular formula is C26H41O5P. The topological polar surface area (TPSA) is 65.0 Å². The second-order valence-corrected chi connectivity index (χ2v) is 9.98. The van der Waals surface area contributed by atoms with Crippen molar-refractivity contribution in [2.24, 2.45) is 0 Å². The highest BCUT2D eigenvalue weighted by Crippen LogP contribution is 2.53. The van der Waals surface area contributed by atoms with Crippen LogP contribution in [-0.4, -0.2) is 18.3 Å². The van der Waals surface area contributed by atoms with Crippen molar-refractivity contribution in [1.29, 1.82) is 0 Å². The van der Waals surface area contributed by atoms with Crippen LogP contribution >= 0.6 is 7.82 Å². The van der Waals surface area contributed by atoms with Gasteiger partial charge in [-0.3, -0.25) is 9.05 Å². The van der Waals surface area contributed by atoms with Gasteiger partial charge in [-0.05, 0) is 61.8 Å². The SMILES string of the molecule is CCCCOP(=O)(OCCCC)Oc1c(CCCC)cc(O)c2cc(CCCC)ccc12. The summed E-state index contributed by atoms with van der Waals surface area (Å²) in [5.41, 5.74) is 2.00. The van der Waals surface area contributed by atoms with Gasteiger partial charge < -0.3 is 9.63 Å². The Kier molecular flexibility index (Phi) is 11.6. The molecule has 2 aromatic carbocycles. The zero-order valence-electron chi connectivity index (χ0n) is 20.3. The predicted octanol–water partition coefficient (Wildman–Crippen LogP) is 8.35. The van der Waals surface area contributed by atoms with Crippen molar-refractivity contribution >= 4 is 18.6 Å². The molecule has 0 fully saturated rings. The predicted molar refractivity (Wildman–Crippen MR) is 133 cm³/mol. The first-order chi connectivity index (χ1) is 15.5. The van der Waals surface area contributed by atoms with Gasteiger partial charge in [-0.1, -0.05) is 65.5 Å². The van der Waals surface area contributed by atoms with E-state index in [0.717, 1.165) is 75.2 Å². The Morgan fingerprint density at radius 1 is 0.781 bits per heavy atom. The van der Waals surface area contributed by atoms with Crippen LogP contribution in [0.1, 0.15) is 90.2 Å². The number of benzene rings is 2. The van der Waals surface area contributed by atoms with Gasteiger partial charge in [-0.2, -0.15) is 0 Å². The monoisotopic (exact) mass is 464 g/mol. The van der Waals surface area contributed by atoms with Crippen molar-refractivity contribution in [3.8, 4) is 11.5 Å². The van der Waals surface area contributed by atoms with Gasteiger partial charge in [-0.25, -0.2) is 4.57 Å². The Hall–Kier alpha value is -1.55. The van der Waals surface area contributed by atoms with Crippen molar-refractivity contribution in [2.75, 3.05) is 13.2 Å². The van der Waals surface area contributed by atoms with Gasteiger partial charge in [0.2, 0.25) is 0 Å². The number of phosphoric ester groups is 1. The third-order valence-corrected chi connectivity index (χ3v) is 6.93. The third kappa shape index (κ3) is 7.79. The summed E-state index contributed by atoms with van der Waals surface area (Å²) in [7, 11) is -3.79. The second kappa shape index (κ2) is 13.9. The zero-order chi connectivity index (χ0) is 23.4. The number of fused-ring (bicyclic) bond motifs is 1. The summed E-state index contributed by atoms with van der Waals surface area (Å²) in [6.45, 7) is 9.04. The fourth-order valence-corrected chi connectivity index (χ4v) is 4.85. The first kappa shape index (κ1) is 26.7. The van der Waals surface area contributed by atoms with Crippen LogP contribution < -0.4 is 4.52 Å². The van der Waals surface area contributed by atoms with E-state index in [2.05, 4.69) is 33.8 Å². The summed E-state index contributed by atoms with van der Waals surface area (Å²) in [4.78, 5) is 0. The smallest absolute Gasteiger partial charge is 0.507 e. The maximum absolute atomic E-state index is 13.6. The Balaban J connectivity index is 2.49. The molecule has 0 aliphatic carbocycles. The molecule has 2 rings (SSSR count). The van der Waals surface area contributed by atoms with Crippen molar-refractivity contribution in [3.05, 3.63) is 35.4 Å². The van der Waals surface area contributed by atoms with Gasteiger partial charge in [0.15, 0.2) is 0 Å². The molecule has 0 amide bonds. The fraction of sp³-hybridized carbons (Fsp3) is 0.615. The summed E-state index contributed by atoms with van der Waals surface area (Å²) in [6, 6.07) is 7.79. The Labute approximate surface area is 194 Å². The van der Waals surface area contributed by atoms with E-state index in [-0.39, 0.29) is 5.75 Å². The molecule has 0 heterocycles. The lowest BCUT2D eigenvalue weighted by Gasteiger charge is -2.22. The molecule has 0 aliphatic rings. The number of hydrogen-bond donors (Lipinski definition) is 1. The van der Waals surface area contributed by atoms with E-state index in [0.29, 0.717) is 24.3 Å². The van der Waals surface area contributed by atoms with Crippen molar-refractivity contribution in [3.63, 3.8) is 0 Å². The van der Waals surface area contributed by atoms with Crippen molar-refractivity contribution in [2.45, 2.75) is 91.9 Å². The number of aryl methyl sites for hydroxylation is 2. The maximum atomic E-state index is 13.6. The van der Waals surface area contributed by atoms with E-state index < -0.39 is 7.82 Å². The highest BCUT2D eigenvalue weighted by Gasteiger charge is 2.31. The number of hydrogen-bond acceptors (Lipinski definition) is 5. The highest BCUT2D eigenvalue weighted by molar-refractivity contribution is 7.49. The molecule has 0 aliphatic heterocycles. The van der Waals surface area contributed by atoms with E-state index in [4.69, 9.17) is 13.6 Å². The number of rotatable bonds is 16. The first-order valence-electron chi connectivity index (χ1n) is 12.3. The molecule has 32 heavy (non-hydrogen) atoms. The van der Waals surface area contributed by atoms with Crippen molar-refractivity contribution < 1.29 is 23.2 Å². The fourth-order valence-electron chi connectivity index (χ4n) is 3.52. The average molecular weight is 465 g/mol. The van der Waals surface area contributed by atoms with E-state index in [1.165, 1.54) is 5.56 Å². The quantitative estimate of drug-likeness (QED) is 0.200. The molecule has 180 valence electrons. The minimum absolute atomic E-state index is 0.227. The number of phenols is 1. The Morgan fingerprint density at radius 2 is 1.38 bits per heavy atom. The molecular weight excluding hydrogens is 423 g/mol.